The molecule has 1 heterocycles. The second kappa shape index (κ2) is 5.21. The van der Waals surface area contributed by atoms with Crippen LogP contribution in [0, 0.1) is 0 Å². The molecule has 0 saturated heterocycles. The predicted octanol–water partition coefficient (Wildman–Crippen LogP) is 3.33. The molecule has 1 aliphatic carbocycles. The van der Waals surface area contributed by atoms with Gasteiger partial charge in [-0.05, 0) is 36.1 Å². The van der Waals surface area contributed by atoms with Gasteiger partial charge in [0.1, 0.15) is 0 Å². The van der Waals surface area contributed by atoms with Crippen LogP contribution in [0.15, 0.2) is 29.8 Å². The first-order chi connectivity index (χ1) is 8.86. The second-order valence-electron chi connectivity index (χ2n) is 4.78. The van der Waals surface area contributed by atoms with Crippen LogP contribution in [0.2, 0.25) is 0 Å². The largest absolute Gasteiger partial charge is 0.310 e. The highest BCUT2D eigenvalue weighted by atomic mass is 32.1. The van der Waals surface area contributed by atoms with E-state index in [0.29, 0.717) is 6.04 Å². The maximum Gasteiger partial charge on any atom is 0.0968 e. The molecule has 3 heteroatoms. The van der Waals surface area contributed by atoms with Gasteiger partial charge >= 0.3 is 0 Å². The smallest absolute Gasteiger partial charge is 0.0968 e. The highest BCUT2D eigenvalue weighted by Crippen LogP contribution is 2.32. The van der Waals surface area contributed by atoms with Crippen molar-refractivity contribution in [2.45, 2.75) is 32.2 Å². The van der Waals surface area contributed by atoms with Crippen molar-refractivity contribution < 1.29 is 0 Å². The Hall–Kier alpha value is -1.19. The van der Waals surface area contributed by atoms with Gasteiger partial charge < -0.3 is 5.32 Å². The van der Waals surface area contributed by atoms with Gasteiger partial charge in [0.05, 0.1) is 5.01 Å². The molecule has 0 radical (unpaired) electrons. The fourth-order valence-electron chi connectivity index (χ4n) is 2.75. The molecule has 0 spiro atoms. The summed E-state index contributed by atoms with van der Waals surface area (Å²) in [6, 6.07) is 7.50. The fraction of sp³-hybridized carbons (Fsp3) is 0.400. The normalized spacial score (nSPS) is 17.9. The summed E-state index contributed by atoms with van der Waals surface area (Å²) in [4.78, 5) is 4.36. The lowest BCUT2D eigenvalue weighted by atomic mass is 10.0. The third-order valence-corrected chi connectivity index (χ3v) is 4.35. The summed E-state index contributed by atoms with van der Waals surface area (Å²) in [5, 5.41) is 6.81. The zero-order chi connectivity index (χ0) is 12.4. The van der Waals surface area contributed by atoms with E-state index < -0.39 is 0 Å². The van der Waals surface area contributed by atoms with Crippen LogP contribution in [-0.4, -0.2) is 11.5 Å². The van der Waals surface area contributed by atoms with Crippen LogP contribution in [0.4, 0.5) is 0 Å². The monoisotopic (exact) mass is 258 g/mol. The zero-order valence-electron chi connectivity index (χ0n) is 10.6. The molecule has 94 valence electrons. The lowest BCUT2D eigenvalue weighted by molar-refractivity contribution is 0.549. The Morgan fingerprint density at radius 3 is 3.17 bits per heavy atom. The zero-order valence-corrected chi connectivity index (χ0v) is 11.5. The van der Waals surface area contributed by atoms with Crippen molar-refractivity contribution in [3.05, 3.63) is 51.5 Å². The molecule has 1 aromatic heterocycles. The van der Waals surface area contributed by atoms with Crippen molar-refractivity contribution in [3.63, 3.8) is 0 Å². The summed E-state index contributed by atoms with van der Waals surface area (Å²) in [6.45, 7) is 3.22. The molecular weight excluding hydrogens is 240 g/mol. The average molecular weight is 258 g/mol. The number of aryl methyl sites for hydroxylation is 1. The third-order valence-electron chi connectivity index (χ3n) is 3.57. The van der Waals surface area contributed by atoms with Gasteiger partial charge in [0, 0.05) is 24.0 Å². The first-order valence-electron chi connectivity index (χ1n) is 6.60. The Balaban J connectivity index is 1.80. The van der Waals surface area contributed by atoms with Crippen LogP contribution >= 0.6 is 11.3 Å². The predicted molar refractivity (Wildman–Crippen MR) is 76.1 cm³/mol. The summed E-state index contributed by atoms with van der Waals surface area (Å²) in [5.74, 6) is 0. The summed E-state index contributed by atoms with van der Waals surface area (Å²) in [5.41, 5.74) is 4.41. The summed E-state index contributed by atoms with van der Waals surface area (Å²) < 4.78 is 0. The first kappa shape index (κ1) is 11.9. The highest BCUT2D eigenvalue weighted by molar-refractivity contribution is 7.09. The minimum absolute atomic E-state index is 0.568. The van der Waals surface area contributed by atoms with Gasteiger partial charge in [-0.1, -0.05) is 25.1 Å². The molecule has 1 unspecified atom stereocenters. The number of nitrogens with one attached hydrogen (secondary N) is 1. The molecule has 0 aliphatic heterocycles. The second-order valence-corrected chi connectivity index (χ2v) is 5.76. The number of rotatable bonds is 4. The molecule has 0 bridgehead atoms. The van der Waals surface area contributed by atoms with Crippen molar-refractivity contribution in [1.82, 2.24) is 10.3 Å². The van der Waals surface area contributed by atoms with Gasteiger partial charge in [0.15, 0.2) is 0 Å². The molecule has 0 fully saturated rings. The number of hydrogen-bond donors (Lipinski definition) is 1. The average Bonchev–Trinajstić information content (AvgIpc) is 3.00. The van der Waals surface area contributed by atoms with Crippen LogP contribution in [0.25, 0.3) is 0 Å². The molecule has 2 aromatic rings. The topological polar surface area (TPSA) is 24.9 Å². The van der Waals surface area contributed by atoms with Gasteiger partial charge in [0.2, 0.25) is 0 Å². The SMILES string of the molecule is CCNC1CCc2cc(Cc3nccs3)ccc21. The summed E-state index contributed by atoms with van der Waals surface area (Å²) in [7, 11) is 0. The van der Waals surface area contributed by atoms with E-state index in [1.807, 2.05) is 11.6 Å². The number of benzene rings is 1. The van der Waals surface area contributed by atoms with Crippen molar-refractivity contribution in [2.24, 2.45) is 0 Å². The Labute approximate surface area is 112 Å². The maximum absolute atomic E-state index is 4.36. The van der Waals surface area contributed by atoms with E-state index in [2.05, 4.69) is 35.4 Å². The van der Waals surface area contributed by atoms with Gasteiger partial charge in [-0.25, -0.2) is 4.98 Å². The van der Waals surface area contributed by atoms with Crippen molar-refractivity contribution in [2.75, 3.05) is 6.54 Å². The Kier molecular flexibility index (Phi) is 3.43. The molecule has 0 amide bonds. The molecule has 18 heavy (non-hydrogen) atoms. The molecule has 0 saturated carbocycles. The molecule has 1 atom stereocenters. The van der Waals surface area contributed by atoms with Crippen LogP contribution in [0.3, 0.4) is 0 Å². The van der Waals surface area contributed by atoms with Crippen LogP contribution in [-0.2, 0) is 12.8 Å². The number of nitrogens with zero attached hydrogens (tertiary/aromatic N) is 1. The van der Waals surface area contributed by atoms with E-state index >= 15 is 0 Å². The van der Waals surface area contributed by atoms with E-state index in [9.17, 15) is 0 Å². The number of thiazole rings is 1. The van der Waals surface area contributed by atoms with Gasteiger partial charge in [-0.15, -0.1) is 11.3 Å². The first-order valence-corrected chi connectivity index (χ1v) is 7.48. The molecular formula is C15H18N2S. The van der Waals surface area contributed by atoms with Crippen LogP contribution in [0.5, 0.6) is 0 Å². The lowest BCUT2D eigenvalue weighted by Gasteiger charge is -2.12. The van der Waals surface area contributed by atoms with E-state index in [1.54, 1.807) is 11.3 Å². The Morgan fingerprint density at radius 1 is 1.44 bits per heavy atom. The van der Waals surface area contributed by atoms with Gasteiger partial charge in [-0.2, -0.15) is 0 Å². The minimum Gasteiger partial charge on any atom is -0.310 e. The number of aromatic nitrogens is 1. The van der Waals surface area contributed by atoms with E-state index in [-0.39, 0.29) is 0 Å². The van der Waals surface area contributed by atoms with E-state index in [4.69, 9.17) is 0 Å². The van der Waals surface area contributed by atoms with E-state index in [0.717, 1.165) is 13.0 Å². The lowest BCUT2D eigenvalue weighted by Crippen LogP contribution is -2.18. The highest BCUT2D eigenvalue weighted by Gasteiger charge is 2.21. The molecule has 2 nitrogen and oxygen atoms in total. The van der Waals surface area contributed by atoms with Gasteiger partial charge in [0.25, 0.3) is 0 Å². The van der Waals surface area contributed by atoms with Crippen LogP contribution < -0.4 is 5.32 Å². The Bertz CT molecular complexity index is 519. The minimum atomic E-state index is 0.568. The number of hydrogen-bond acceptors (Lipinski definition) is 3. The van der Waals surface area contributed by atoms with E-state index in [1.165, 1.54) is 34.5 Å². The van der Waals surface area contributed by atoms with Crippen molar-refractivity contribution >= 4 is 11.3 Å². The molecule has 1 aromatic carbocycles. The molecule has 1 aliphatic rings. The summed E-state index contributed by atoms with van der Waals surface area (Å²) in [6.07, 6.45) is 5.30. The standard InChI is InChI=1S/C15H18N2S/c1-2-16-14-6-4-12-9-11(3-5-13(12)14)10-15-17-7-8-18-15/h3,5,7-9,14,16H,2,4,6,10H2,1H3. The quantitative estimate of drug-likeness (QED) is 0.910. The van der Waals surface area contributed by atoms with Crippen LogP contribution in [0.1, 0.15) is 41.1 Å². The number of fused-ring (bicyclic) bond motifs is 1. The molecule has 1 N–H and O–H groups in total. The third kappa shape index (κ3) is 2.33. The Morgan fingerprint density at radius 2 is 2.39 bits per heavy atom. The summed E-state index contributed by atoms with van der Waals surface area (Å²) >= 11 is 1.74. The maximum atomic E-state index is 4.36. The fourth-order valence-corrected chi connectivity index (χ4v) is 3.40. The van der Waals surface area contributed by atoms with Crippen molar-refractivity contribution in [3.8, 4) is 0 Å². The van der Waals surface area contributed by atoms with Crippen molar-refractivity contribution in [1.29, 1.82) is 0 Å². The van der Waals surface area contributed by atoms with Gasteiger partial charge in [-0.3, -0.25) is 0 Å². The molecule has 3 rings (SSSR count).